The van der Waals surface area contributed by atoms with Gasteiger partial charge in [0.2, 0.25) is 0 Å². The van der Waals surface area contributed by atoms with E-state index in [9.17, 15) is 20.3 Å². The van der Waals surface area contributed by atoms with Crippen LogP contribution in [-0.2, 0) is 6.54 Å². The average molecular weight is 451 g/mol. The van der Waals surface area contributed by atoms with Crippen LogP contribution in [0, 0.1) is 11.3 Å². The van der Waals surface area contributed by atoms with Gasteiger partial charge >= 0.3 is 5.97 Å². The van der Waals surface area contributed by atoms with Crippen molar-refractivity contribution in [2.24, 2.45) is 0 Å². The molecule has 0 aliphatic carbocycles. The number of halogens is 2. The van der Waals surface area contributed by atoms with Gasteiger partial charge in [-0.2, -0.15) is 5.26 Å². The summed E-state index contributed by atoms with van der Waals surface area (Å²) in [5.74, 6) is -1.87. The summed E-state index contributed by atoms with van der Waals surface area (Å²) in [6, 6.07) is 11.5. The Balaban J connectivity index is 2.36. The Morgan fingerprint density at radius 2 is 1.96 bits per heavy atom. The second kappa shape index (κ2) is 6.26. The second-order valence-electron chi connectivity index (χ2n) is 4.97. The lowest BCUT2D eigenvalue weighted by Gasteiger charge is -2.09. The number of nitriles is 1. The van der Waals surface area contributed by atoms with Crippen molar-refractivity contribution in [3.05, 3.63) is 56.4 Å². The van der Waals surface area contributed by atoms with E-state index in [2.05, 4.69) is 36.8 Å². The number of nitrogens with zero attached hydrogens (tertiary/aromatic N) is 3. The standard InChI is InChI=1S/C16H9Br2N3O3/c17-11-10-13(9(6-19)20-12(14(10)22)16(23)24)21(15(11)18)7-8-4-2-1-3-5-8/h1-5,22H,7H2,(H,23,24). The van der Waals surface area contributed by atoms with Crippen molar-refractivity contribution >= 4 is 48.7 Å². The van der Waals surface area contributed by atoms with Crippen molar-refractivity contribution in [1.29, 1.82) is 5.26 Å². The summed E-state index contributed by atoms with van der Waals surface area (Å²) in [5.41, 5.74) is 0.725. The maximum Gasteiger partial charge on any atom is 0.358 e. The van der Waals surface area contributed by atoms with E-state index in [0.29, 0.717) is 21.1 Å². The fourth-order valence-corrected chi connectivity index (χ4v) is 3.59. The van der Waals surface area contributed by atoms with Gasteiger partial charge in [-0.15, -0.1) is 0 Å². The highest BCUT2D eigenvalue weighted by molar-refractivity contribution is 9.13. The van der Waals surface area contributed by atoms with Crippen LogP contribution in [0.15, 0.2) is 39.4 Å². The molecule has 0 amide bonds. The third-order valence-electron chi connectivity index (χ3n) is 3.55. The number of aromatic hydroxyl groups is 1. The Hall–Kier alpha value is -2.37. The van der Waals surface area contributed by atoms with Gasteiger partial charge in [0.25, 0.3) is 0 Å². The maximum absolute atomic E-state index is 11.3. The molecule has 0 unspecified atom stereocenters. The minimum Gasteiger partial charge on any atom is -0.505 e. The summed E-state index contributed by atoms with van der Waals surface area (Å²) >= 11 is 6.79. The molecule has 0 bridgehead atoms. The van der Waals surface area contributed by atoms with Crippen molar-refractivity contribution in [3.8, 4) is 11.8 Å². The van der Waals surface area contributed by atoms with Crippen molar-refractivity contribution in [1.82, 2.24) is 9.55 Å². The van der Waals surface area contributed by atoms with E-state index >= 15 is 0 Å². The number of carboxylic acid groups (broad SMARTS) is 1. The minimum atomic E-state index is -1.40. The molecule has 0 spiro atoms. The van der Waals surface area contributed by atoms with Gasteiger partial charge in [0.15, 0.2) is 17.1 Å². The SMILES string of the molecule is N#Cc1nc(C(=O)O)c(O)c2c(Br)c(Br)n(Cc3ccccc3)c12. The Morgan fingerprint density at radius 3 is 2.54 bits per heavy atom. The normalized spacial score (nSPS) is 10.7. The lowest BCUT2D eigenvalue weighted by Crippen LogP contribution is -2.06. The number of rotatable bonds is 3. The van der Waals surface area contributed by atoms with Gasteiger partial charge in [-0.1, -0.05) is 30.3 Å². The van der Waals surface area contributed by atoms with Crippen molar-refractivity contribution in [3.63, 3.8) is 0 Å². The summed E-state index contributed by atoms with van der Waals surface area (Å²) in [7, 11) is 0. The van der Waals surface area contributed by atoms with Gasteiger partial charge in [0.1, 0.15) is 10.7 Å². The van der Waals surface area contributed by atoms with E-state index in [-0.39, 0.29) is 11.1 Å². The first-order chi connectivity index (χ1) is 11.5. The molecule has 0 aliphatic rings. The number of aromatic nitrogens is 2. The third kappa shape index (κ3) is 2.56. The van der Waals surface area contributed by atoms with E-state index < -0.39 is 17.4 Å². The van der Waals surface area contributed by atoms with Crippen LogP contribution in [0.4, 0.5) is 0 Å². The number of aromatic carboxylic acids is 1. The first kappa shape index (κ1) is 16.5. The van der Waals surface area contributed by atoms with Crippen LogP contribution in [-0.4, -0.2) is 25.7 Å². The van der Waals surface area contributed by atoms with Gasteiger partial charge in [-0.05, 0) is 37.4 Å². The Kier molecular flexibility index (Phi) is 4.30. The number of pyridine rings is 1. The molecule has 0 radical (unpaired) electrons. The summed E-state index contributed by atoms with van der Waals surface area (Å²) in [6.07, 6.45) is 0. The van der Waals surface area contributed by atoms with Gasteiger partial charge in [-0.3, -0.25) is 0 Å². The number of hydrogen-bond acceptors (Lipinski definition) is 4. The molecule has 3 aromatic rings. The predicted octanol–water partition coefficient (Wildman–Crippen LogP) is 3.89. The van der Waals surface area contributed by atoms with Crippen molar-refractivity contribution in [2.45, 2.75) is 6.54 Å². The fraction of sp³-hybridized carbons (Fsp3) is 0.0625. The van der Waals surface area contributed by atoms with E-state index in [0.717, 1.165) is 5.56 Å². The summed E-state index contributed by atoms with van der Waals surface area (Å²) in [6.45, 7) is 0.422. The van der Waals surface area contributed by atoms with E-state index in [4.69, 9.17) is 0 Å². The van der Waals surface area contributed by atoms with Crippen LogP contribution in [0.1, 0.15) is 21.7 Å². The van der Waals surface area contributed by atoms with E-state index in [1.165, 1.54) is 0 Å². The van der Waals surface area contributed by atoms with E-state index in [1.54, 1.807) is 4.57 Å². The monoisotopic (exact) mass is 449 g/mol. The molecule has 0 atom stereocenters. The molecule has 24 heavy (non-hydrogen) atoms. The Bertz CT molecular complexity index is 1010. The minimum absolute atomic E-state index is 0.0671. The first-order valence-corrected chi connectivity index (χ1v) is 8.31. The molecule has 0 saturated heterocycles. The number of fused-ring (bicyclic) bond motifs is 1. The molecule has 0 aliphatic heterocycles. The Labute approximate surface area is 153 Å². The zero-order valence-electron chi connectivity index (χ0n) is 12.0. The van der Waals surface area contributed by atoms with Crippen LogP contribution in [0.25, 0.3) is 10.9 Å². The molecule has 0 fully saturated rings. The molecule has 2 N–H and O–H groups in total. The highest BCUT2D eigenvalue weighted by Gasteiger charge is 2.26. The largest absolute Gasteiger partial charge is 0.505 e. The van der Waals surface area contributed by atoms with Gasteiger partial charge < -0.3 is 14.8 Å². The summed E-state index contributed by atoms with van der Waals surface area (Å²) < 4.78 is 2.80. The van der Waals surface area contributed by atoms with Crippen LogP contribution in [0.2, 0.25) is 0 Å². The average Bonchev–Trinajstić information content (AvgIpc) is 2.82. The summed E-state index contributed by atoms with van der Waals surface area (Å²) in [4.78, 5) is 15.1. The van der Waals surface area contributed by atoms with Gasteiger partial charge in [0, 0.05) is 6.54 Å². The number of carbonyl (C=O) groups is 1. The smallest absolute Gasteiger partial charge is 0.358 e. The summed E-state index contributed by atoms with van der Waals surface area (Å²) in [5, 5.41) is 29.1. The highest BCUT2D eigenvalue weighted by Crippen LogP contribution is 2.42. The van der Waals surface area contributed by atoms with Crippen LogP contribution >= 0.6 is 31.9 Å². The predicted molar refractivity (Wildman–Crippen MR) is 94.0 cm³/mol. The highest BCUT2D eigenvalue weighted by atomic mass is 79.9. The number of hydrogen-bond donors (Lipinski definition) is 2. The quantitative estimate of drug-likeness (QED) is 0.630. The molecular weight excluding hydrogens is 442 g/mol. The Morgan fingerprint density at radius 1 is 1.29 bits per heavy atom. The van der Waals surface area contributed by atoms with E-state index in [1.807, 2.05) is 36.4 Å². The first-order valence-electron chi connectivity index (χ1n) is 6.73. The molecular formula is C16H9Br2N3O3. The third-order valence-corrected chi connectivity index (χ3v) is 5.67. The zero-order chi connectivity index (χ0) is 17.4. The topological polar surface area (TPSA) is 99.1 Å². The molecule has 6 nitrogen and oxygen atoms in total. The molecule has 2 heterocycles. The fourth-order valence-electron chi connectivity index (χ4n) is 2.50. The number of carboxylic acids is 1. The van der Waals surface area contributed by atoms with Gasteiger partial charge in [-0.25, -0.2) is 9.78 Å². The van der Waals surface area contributed by atoms with Gasteiger partial charge in [0.05, 0.1) is 15.4 Å². The molecule has 2 aromatic heterocycles. The zero-order valence-corrected chi connectivity index (χ0v) is 15.2. The molecule has 3 rings (SSSR count). The second-order valence-corrected chi connectivity index (χ2v) is 6.52. The molecule has 8 heteroatoms. The van der Waals surface area contributed by atoms with Crippen LogP contribution in [0.5, 0.6) is 5.75 Å². The lowest BCUT2D eigenvalue weighted by molar-refractivity contribution is 0.0687. The lowest BCUT2D eigenvalue weighted by atomic mass is 10.2. The van der Waals surface area contributed by atoms with Crippen LogP contribution < -0.4 is 0 Å². The number of benzene rings is 1. The van der Waals surface area contributed by atoms with Crippen molar-refractivity contribution < 1.29 is 15.0 Å². The van der Waals surface area contributed by atoms with Crippen molar-refractivity contribution in [2.75, 3.05) is 0 Å². The molecule has 120 valence electrons. The molecule has 0 saturated carbocycles. The van der Waals surface area contributed by atoms with Crippen LogP contribution in [0.3, 0.4) is 0 Å². The maximum atomic E-state index is 11.3. The molecule has 1 aromatic carbocycles.